The van der Waals surface area contributed by atoms with Gasteiger partial charge in [0.2, 0.25) is 5.91 Å². The average molecular weight is 331 g/mol. The molecule has 23 heavy (non-hydrogen) atoms. The van der Waals surface area contributed by atoms with Gasteiger partial charge in [0.1, 0.15) is 11.5 Å². The minimum Gasteiger partial charge on any atom is -0.361 e. The fourth-order valence-corrected chi connectivity index (χ4v) is 3.87. The molecule has 2 heterocycles. The Bertz CT molecular complexity index is 742. The van der Waals surface area contributed by atoms with Crippen molar-refractivity contribution in [2.45, 2.75) is 38.1 Å². The normalized spacial score (nSPS) is 26.5. The molecule has 120 valence electrons. The van der Waals surface area contributed by atoms with E-state index in [-0.39, 0.29) is 17.9 Å². The first-order valence-electron chi connectivity index (χ1n) is 8.12. The van der Waals surface area contributed by atoms with Gasteiger partial charge in [-0.05, 0) is 49.8 Å². The summed E-state index contributed by atoms with van der Waals surface area (Å²) in [5.74, 6) is 1.43. The molecule has 2 aromatic rings. The number of amides is 1. The molecular formula is C18H19ClN2O2. The quantitative estimate of drug-likeness (QED) is 0.851. The molecule has 1 aromatic carbocycles. The third kappa shape index (κ3) is 2.76. The van der Waals surface area contributed by atoms with E-state index < -0.39 is 0 Å². The topological polar surface area (TPSA) is 46.3 Å². The van der Waals surface area contributed by atoms with Crippen molar-refractivity contribution in [1.29, 1.82) is 0 Å². The molecule has 1 amide bonds. The molecule has 2 aliphatic rings. The van der Waals surface area contributed by atoms with Crippen LogP contribution in [0.25, 0.3) is 0 Å². The molecular weight excluding hydrogens is 312 g/mol. The number of carbonyl (C=O) groups excluding carboxylic acids is 1. The van der Waals surface area contributed by atoms with Crippen LogP contribution in [0.1, 0.15) is 48.2 Å². The van der Waals surface area contributed by atoms with Gasteiger partial charge < -0.3 is 9.42 Å². The van der Waals surface area contributed by atoms with Crippen LogP contribution in [-0.4, -0.2) is 22.5 Å². The summed E-state index contributed by atoms with van der Waals surface area (Å²) < 4.78 is 5.18. The second-order valence-corrected chi connectivity index (χ2v) is 6.99. The lowest BCUT2D eigenvalue weighted by atomic mass is 10.1. The third-order valence-electron chi connectivity index (χ3n) is 4.91. The van der Waals surface area contributed by atoms with E-state index in [0.717, 1.165) is 42.3 Å². The van der Waals surface area contributed by atoms with Crippen LogP contribution in [0.3, 0.4) is 0 Å². The molecule has 5 heteroatoms. The number of hydrogen-bond donors (Lipinski definition) is 0. The van der Waals surface area contributed by atoms with E-state index >= 15 is 0 Å². The minimum absolute atomic E-state index is 0.0700. The zero-order valence-electron chi connectivity index (χ0n) is 13.0. The fraction of sp³-hybridized carbons (Fsp3) is 0.444. The Labute approximate surface area is 140 Å². The molecule has 1 aliphatic carbocycles. The maximum atomic E-state index is 12.9. The maximum absolute atomic E-state index is 12.9. The second kappa shape index (κ2) is 5.68. The minimum atomic E-state index is 0.0700. The van der Waals surface area contributed by atoms with Gasteiger partial charge >= 0.3 is 0 Å². The van der Waals surface area contributed by atoms with Crippen LogP contribution in [0.2, 0.25) is 5.02 Å². The Balaban J connectivity index is 1.49. The average Bonchev–Trinajstić information content (AvgIpc) is 2.97. The highest BCUT2D eigenvalue weighted by atomic mass is 35.5. The molecule has 1 saturated heterocycles. The zero-order valence-corrected chi connectivity index (χ0v) is 13.8. The number of aromatic nitrogens is 1. The van der Waals surface area contributed by atoms with Crippen molar-refractivity contribution in [3.63, 3.8) is 0 Å². The predicted molar refractivity (Wildman–Crippen MR) is 87.2 cm³/mol. The Hall–Kier alpha value is -1.81. The molecule has 2 fully saturated rings. The molecule has 0 unspecified atom stereocenters. The van der Waals surface area contributed by atoms with Gasteiger partial charge in [-0.3, -0.25) is 4.79 Å². The third-order valence-corrected chi connectivity index (χ3v) is 5.14. The second-order valence-electron chi connectivity index (χ2n) is 6.56. The largest absolute Gasteiger partial charge is 0.361 e. The van der Waals surface area contributed by atoms with E-state index in [1.54, 1.807) is 0 Å². The molecule has 4 rings (SSSR count). The summed E-state index contributed by atoms with van der Waals surface area (Å²) in [5.41, 5.74) is 2.05. The van der Waals surface area contributed by atoms with Gasteiger partial charge in [0.15, 0.2) is 0 Å². The molecule has 1 aliphatic heterocycles. The number of carbonyl (C=O) groups is 1. The Morgan fingerprint density at radius 2 is 2.26 bits per heavy atom. The van der Waals surface area contributed by atoms with Crippen molar-refractivity contribution in [2.75, 3.05) is 6.54 Å². The maximum Gasteiger partial charge on any atom is 0.226 e. The lowest BCUT2D eigenvalue weighted by Crippen LogP contribution is -2.32. The highest BCUT2D eigenvalue weighted by molar-refractivity contribution is 6.30. The first kappa shape index (κ1) is 14.8. The standard InChI is InChI=1S/C18H19ClN2O2/c1-11-8-16(20-23-11)17-6-3-7-21(17)18(22)15-10-14(15)12-4-2-5-13(19)9-12/h2,4-5,8-9,14-15,17H,3,6-7,10H2,1H3/t14-,15-,17+/m1/s1. The number of benzene rings is 1. The van der Waals surface area contributed by atoms with Crippen molar-refractivity contribution in [2.24, 2.45) is 5.92 Å². The van der Waals surface area contributed by atoms with Gasteiger partial charge in [-0.2, -0.15) is 0 Å². The van der Waals surface area contributed by atoms with E-state index in [1.165, 1.54) is 5.56 Å². The van der Waals surface area contributed by atoms with Crippen LogP contribution in [0.5, 0.6) is 0 Å². The van der Waals surface area contributed by atoms with Crippen LogP contribution < -0.4 is 0 Å². The molecule has 0 radical (unpaired) electrons. The van der Waals surface area contributed by atoms with Crippen molar-refractivity contribution < 1.29 is 9.32 Å². The molecule has 3 atom stereocenters. The van der Waals surface area contributed by atoms with Crippen molar-refractivity contribution in [3.8, 4) is 0 Å². The Morgan fingerprint density at radius 3 is 3.00 bits per heavy atom. The Morgan fingerprint density at radius 1 is 1.39 bits per heavy atom. The van der Waals surface area contributed by atoms with Crippen LogP contribution in [0, 0.1) is 12.8 Å². The predicted octanol–water partition coefficient (Wildman–Crippen LogP) is 4.10. The number of nitrogens with zero attached hydrogens (tertiary/aromatic N) is 2. The molecule has 1 saturated carbocycles. The van der Waals surface area contributed by atoms with Crippen molar-refractivity contribution in [3.05, 3.63) is 52.4 Å². The highest BCUT2D eigenvalue weighted by Crippen LogP contribution is 2.50. The lowest BCUT2D eigenvalue weighted by Gasteiger charge is -2.23. The van der Waals surface area contributed by atoms with Gasteiger partial charge in [-0.25, -0.2) is 0 Å². The van der Waals surface area contributed by atoms with E-state index in [1.807, 2.05) is 36.1 Å². The SMILES string of the molecule is Cc1cc([C@@H]2CCCN2C(=O)[C@@H]2C[C@@H]2c2cccc(Cl)c2)no1. The first-order valence-corrected chi connectivity index (χ1v) is 8.50. The lowest BCUT2D eigenvalue weighted by molar-refractivity contribution is -0.133. The van der Waals surface area contributed by atoms with Gasteiger partial charge in [0.25, 0.3) is 0 Å². The van der Waals surface area contributed by atoms with E-state index in [2.05, 4.69) is 11.2 Å². The van der Waals surface area contributed by atoms with Gasteiger partial charge in [-0.15, -0.1) is 0 Å². The van der Waals surface area contributed by atoms with Crippen LogP contribution in [0.15, 0.2) is 34.9 Å². The number of halogens is 1. The van der Waals surface area contributed by atoms with Crippen molar-refractivity contribution in [1.82, 2.24) is 10.1 Å². The summed E-state index contributed by atoms with van der Waals surface area (Å²) in [6, 6.07) is 9.87. The number of hydrogen-bond acceptors (Lipinski definition) is 3. The van der Waals surface area contributed by atoms with Gasteiger partial charge in [0, 0.05) is 23.6 Å². The molecule has 0 spiro atoms. The zero-order chi connectivity index (χ0) is 16.0. The van der Waals surface area contributed by atoms with E-state index in [0.29, 0.717) is 5.92 Å². The van der Waals surface area contributed by atoms with Crippen molar-refractivity contribution >= 4 is 17.5 Å². The molecule has 1 aromatic heterocycles. The summed E-state index contributed by atoms with van der Waals surface area (Å²) >= 11 is 6.06. The monoisotopic (exact) mass is 330 g/mol. The number of rotatable bonds is 3. The molecule has 0 bridgehead atoms. The molecule has 4 nitrogen and oxygen atoms in total. The fourth-order valence-electron chi connectivity index (χ4n) is 3.67. The Kier molecular flexibility index (Phi) is 3.64. The first-order chi connectivity index (χ1) is 11.1. The van der Waals surface area contributed by atoms with Crippen LogP contribution in [-0.2, 0) is 4.79 Å². The number of likely N-dealkylation sites (tertiary alicyclic amines) is 1. The van der Waals surface area contributed by atoms with Crippen LogP contribution in [0.4, 0.5) is 0 Å². The summed E-state index contributed by atoms with van der Waals surface area (Å²) in [4.78, 5) is 14.9. The summed E-state index contributed by atoms with van der Waals surface area (Å²) in [5, 5.41) is 4.85. The van der Waals surface area contributed by atoms with E-state index in [9.17, 15) is 4.79 Å². The van der Waals surface area contributed by atoms with Crippen LogP contribution >= 0.6 is 11.6 Å². The smallest absolute Gasteiger partial charge is 0.226 e. The van der Waals surface area contributed by atoms with Gasteiger partial charge in [0.05, 0.1) is 6.04 Å². The highest BCUT2D eigenvalue weighted by Gasteiger charge is 2.48. The van der Waals surface area contributed by atoms with E-state index in [4.69, 9.17) is 16.1 Å². The van der Waals surface area contributed by atoms with Gasteiger partial charge in [-0.1, -0.05) is 28.9 Å². The summed E-state index contributed by atoms with van der Waals surface area (Å²) in [6.07, 6.45) is 2.91. The molecule has 0 N–H and O–H groups in total. The summed E-state index contributed by atoms with van der Waals surface area (Å²) in [7, 11) is 0. The number of aryl methyl sites for hydroxylation is 1. The summed E-state index contributed by atoms with van der Waals surface area (Å²) in [6.45, 7) is 2.70.